The molecule has 5 nitrogen and oxygen atoms in total. The van der Waals surface area contributed by atoms with E-state index in [-0.39, 0.29) is 17.3 Å². The van der Waals surface area contributed by atoms with Gasteiger partial charge in [-0.15, -0.1) is 11.8 Å². The summed E-state index contributed by atoms with van der Waals surface area (Å²) in [5.41, 5.74) is 0.938. The van der Waals surface area contributed by atoms with E-state index in [2.05, 4.69) is 15.0 Å². The molecule has 0 spiro atoms. The summed E-state index contributed by atoms with van der Waals surface area (Å²) in [4.78, 5) is 28.6. The van der Waals surface area contributed by atoms with Crippen molar-refractivity contribution in [1.82, 2.24) is 4.98 Å². The van der Waals surface area contributed by atoms with Crippen molar-refractivity contribution in [3.05, 3.63) is 53.9 Å². The molecule has 2 aromatic rings. The van der Waals surface area contributed by atoms with Crippen molar-refractivity contribution in [2.24, 2.45) is 0 Å². The number of aromatic nitrogens is 1. The molecule has 0 saturated carbocycles. The highest BCUT2D eigenvalue weighted by Crippen LogP contribution is 2.19. The van der Waals surface area contributed by atoms with Gasteiger partial charge in [-0.25, -0.2) is 9.78 Å². The maximum atomic E-state index is 12.1. The van der Waals surface area contributed by atoms with Gasteiger partial charge >= 0.3 is 5.97 Å². The Bertz CT molecular complexity index is 673. The SMILES string of the molecule is COC(=O)c1cccc(C(=O)Nc2cccc(SC)c2)n1. The number of rotatable bonds is 4. The minimum absolute atomic E-state index is 0.100. The third-order valence-corrected chi connectivity index (χ3v) is 3.43. The van der Waals surface area contributed by atoms with Crippen LogP contribution in [0.3, 0.4) is 0 Å². The molecule has 0 aliphatic carbocycles. The number of hydrogen-bond donors (Lipinski definition) is 1. The predicted octanol–water partition coefficient (Wildman–Crippen LogP) is 2.84. The van der Waals surface area contributed by atoms with Crippen molar-refractivity contribution in [3.8, 4) is 0 Å². The van der Waals surface area contributed by atoms with Crippen LogP contribution in [0.4, 0.5) is 5.69 Å². The van der Waals surface area contributed by atoms with Gasteiger partial charge in [0, 0.05) is 10.6 Å². The molecule has 1 N–H and O–H groups in total. The molecule has 0 saturated heterocycles. The Labute approximate surface area is 126 Å². The molecule has 108 valence electrons. The van der Waals surface area contributed by atoms with Gasteiger partial charge in [0.25, 0.3) is 5.91 Å². The number of nitrogens with one attached hydrogen (secondary N) is 1. The summed E-state index contributed by atoms with van der Waals surface area (Å²) in [5.74, 6) is -0.951. The lowest BCUT2D eigenvalue weighted by Crippen LogP contribution is -2.16. The number of carbonyl (C=O) groups is 2. The topological polar surface area (TPSA) is 68.3 Å². The number of ether oxygens (including phenoxy) is 1. The van der Waals surface area contributed by atoms with E-state index in [1.807, 2.05) is 24.5 Å². The molecule has 1 aromatic heterocycles. The zero-order valence-electron chi connectivity index (χ0n) is 11.6. The van der Waals surface area contributed by atoms with Crippen LogP contribution in [-0.2, 0) is 4.74 Å². The summed E-state index contributed by atoms with van der Waals surface area (Å²) in [7, 11) is 1.27. The maximum absolute atomic E-state index is 12.1. The van der Waals surface area contributed by atoms with Crippen LogP contribution in [0, 0.1) is 0 Å². The van der Waals surface area contributed by atoms with Gasteiger partial charge in [0.05, 0.1) is 7.11 Å². The lowest BCUT2D eigenvalue weighted by atomic mass is 10.2. The Morgan fingerprint density at radius 1 is 1.14 bits per heavy atom. The average molecular weight is 302 g/mol. The second-order valence-corrected chi connectivity index (χ2v) is 4.97. The smallest absolute Gasteiger partial charge is 0.356 e. The van der Waals surface area contributed by atoms with Gasteiger partial charge in [0.2, 0.25) is 0 Å². The molecule has 0 unspecified atom stereocenters. The summed E-state index contributed by atoms with van der Waals surface area (Å²) in [5, 5.41) is 2.75. The summed E-state index contributed by atoms with van der Waals surface area (Å²) in [6.07, 6.45) is 1.96. The quantitative estimate of drug-likeness (QED) is 0.695. The Kier molecular flexibility index (Phi) is 4.94. The van der Waals surface area contributed by atoms with E-state index >= 15 is 0 Å². The monoisotopic (exact) mass is 302 g/mol. The number of benzene rings is 1. The number of esters is 1. The highest BCUT2D eigenvalue weighted by atomic mass is 32.2. The molecular weight excluding hydrogens is 288 g/mol. The van der Waals surface area contributed by atoms with Crippen molar-refractivity contribution in [1.29, 1.82) is 0 Å². The maximum Gasteiger partial charge on any atom is 0.356 e. The summed E-state index contributed by atoms with van der Waals surface area (Å²) < 4.78 is 4.58. The summed E-state index contributed by atoms with van der Waals surface area (Å²) in [6, 6.07) is 12.1. The van der Waals surface area contributed by atoms with Crippen molar-refractivity contribution < 1.29 is 14.3 Å². The molecule has 0 aliphatic heterocycles. The fraction of sp³-hybridized carbons (Fsp3) is 0.133. The van der Waals surface area contributed by atoms with Crippen LogP contribution in [-0.4, -0.2) is 30.2 Å². The van der Waals surface area contributed by atoms with E-state index in [0.717, 1.165) is 4.90 Å². The van der Waals surface area contributed by atoms with Crippen LogP contribution in [0.15, 0.2) is 47.4 Å². The number of anilines is 1. The second kappa shape index (κ2) is 6.90. The molecule has 6 heteroatoms. The van der Waals surface area contributed by atoms with E-state index in [1.54, 1.807) is 30.0 Å². The van der Waals surface area contributed by atoms with Crippen LogP contribution in [0.2, 0.25) is 0 Å². The number of methoxy groups -OCH3 is 1. The predicted molar refractivity (Wildman–Crippen MR) is 81.8 cm³/mol. The van der Waals surface area contributed by atoms with Gasteiger partial charge in [0.15, 0.2) is 0 Å². The number of pyridine rings is 1. The van der Waals surface area contributed by atoms with Crippen molar-refractivity contribution >= 4 is 29.3 Å². The van der Waals surface area contributed by atoms with E-state index < -0.39 is 5.97 Å². The first-order chi connectivity index (χ1) is 10.1. The second-order valence-electron chi connectivity index (χ2n) is 4.09. The van der Waals surface area contributed by atoms with E-state index in [0.29, 0.717) is 5.69 Å². The number of carbonyl (C=O) groups excluding carboxylic acids is 2. The molecule has 21 heavy (non-hydrogen) atoms. The van der Waals surface area contributed by atoms with E-state index in [9.17, 15) is 9.59 Å². The molecule has 1 heterocycles. The Morgan fingerprint density at radius 3 is 2.57 bits per heavy atom. The number of hydrogen-bond acceptors (Lipinski definition) is 5. The number of amides is 1. The van der Waals surface area contributed by atoms with Crippen LogP contribution < -0.4 is 5.32 Å². The third-order valence-electron chi connectivity index (χ3n) is 2.70. The van der Waals surface area contributed by atoms with Crippen molar-refractivity contribution in [2.45, 2.75) is 4.90 Å². The van der Waals surface area contributed by atoms with E-state index in [1.165, 1.54) is 13.2 Å². The zero-order valence-corrected chi connectivity index (χ0v) is 12.4. The Morgan fingerprint density at radius 2 is 1.86 bits per heavy atom. The number of nitrogens with zero attached hydrogens (tertiary/aromatic N) is 1. The first-order valence-electron chi connectivity index (χ1n) is 6.15. The molecule has 1 aromatic carbocycles. The van der Waals surface area contributed by atoms with Gasteiger partial charge < -0.3 is 10.1 Å². The van der Waals surface area contributed by atoms with E-state index in [4.69, 9.17) is 0 Å². The van der Waals surface area contributed by atoms with Crippen molar-refractivity contribution in [3.63, 3.8) is 0 Å². The van der Waals surface area contributed by atoms with Gasteiger partial charge in [-0.3, -0.25) is 4.79 Å². The van der Waals surface area contributed by atoms with Gasteiger partial charge in [-0.2, -0.15) is 0 Å². The molecule has 0 fully saturated rings. The molecule has 0 atom stereocenters. The van der Waals surface area contributed by atoms with Crippen molar-refractivity contribution in [2.75, 3.05) is 18.7 Å². The fourth-order valence-corrected chi connectivity index (χ4v) is 2.13. The molecule has 0 aliphatic rings. The van der Waals surface area contributed by atoms with Crippen LogP contribution >= 0.6 is 11.8 Å². The molecule has 0 radical (unpaired) electrons. The summed E-state index contributed by atoms with van der Waals surface area (Å²) in [6.45, 7) is 0. The minimum atomic E-state index is -0.575. The zero-order chi connectivity index (χ0) is 15.2. The van der Waals surface area contributed by atoms with Gasteiger partial charge in [-0.1, -0.05) is 12.1 Å². The van der Waals surface area contributed by atoms with Crippen LogP contribution in [0.1, 0.15) is 21.0 Å². The standard InChI is InChI=1S/C15H14N2O3S/c1-20-15(19)13-8-4-7-12(17-13)14(18)16-10-5-3-6-11(9-10)21-2/h3-9H,1-2H3,(H,16,18). The largest absolute Gasteiger partial charge is 0.464 e. The van der Waals surface area contributed by atoms with Crippen LogP contribution in [0.5, 0.6) is 0 Å². The lowest BCUT2D eigenvalue weighted by molar-refractivity contribution is 0.0594. The molecule has 0 bridgehead atoms. The highest BCUT2D eigenvalue weighted by Gasteiger charge is 2.12. The lowest BCUT2D eigenvalue weighted by Gasteiger charge is -2.07. The van der Waals surface area contributed by atoms with Gasteiger partial charge in [-0.05, 0) is 36.6 Å². The first kappa shape index (κ1) is 15.1. The Balaban J connectivity index is 2.18. The third kappa shape index (κ3) is 3.82. The molecular formula is C15H14N2O3S. The first-order valence-corrected chi connectivity index (χ1v) is 7.37. The Hall–Kier alpha value is -2.34. The number of thioether (sulfide) groups is 1. The normalized spacial score (nSPS) is 10.0. The molecule has 2 rings (SSSR count). The average Bonchev–Trinajstić information content (AvgIpc) is 2.54. The minimum Gasteiger partial charge on any atom is -0.464 e. The van der Waals surface area contributed by atoms with Gasteiger partial charge in [0.1, 0.15) is 11.4 Å². The summed E-state index contributed by atoms with van der Waals surface area (Å²) >= 11 is 1.59. The molecule has 1 amide bonds. The fourth-order valence-electron chi connectivity index (χ4n) is 1.68. The van der Waals surface area contributed by atoms with Crippen LogP contribution in [0.25, 0.3) is 0 Å². The highest BCUT2D eigenvalue weighted by molar-refractivity contribution is 7.98.